The standard InChI is InChI=1S/C24H24N2O3S/c1-16-5-7-17(8-6-16)15-26-22-12-18(29-2)9-10-20(22)21(23(26)24(27)28)14-25-13-19-4-3-11-30-19/h3-12,25H,13-15H2,1-2H3,(H,27,28)/p-1. The Balaban J connectivity index is 1.77. The van der Waals surface area contributed by atoms with Crippen molar-refractivity contribution < 1.29 is 14.6 Å². The number of thiophene rings is 1. The monoisotopic (exact) mass is 419 g/mol. The van der Waals surface area contributed by atoms with Gasteiger partial charge in [-0.25, -0.2) is 0 Å². The summed E-state index contributed by atoms with van der Waals surface area (Å²) in [6.45, 7) is 3.59. The molecule has 2 aromatic heterocycles. The number of carbonyl (C=O) groups is 1. The third-order valence-electron chi connectivity index (χ3n) is 5.21. The molecule has 0 spiro atoms. The lowest BCUT2D eigenvalue weighted by molar-refractivity contribution is -0.255. The van der Waals surface area contributed by atoms with Crippen LogP contribution >= 0.6 is 11.3 Å². The Morgan fingerprint density at radius 3 is 2.60 bits per heavy atom. The van der Waals surface area contributed by atoms with Crippen molar-refractivity contribution in [3.8, 4) is 5.75 Å². The average Bonchev–Trinajstić information content (AvgIpc) is 3.36. The number of aromatic carboxylic acids is 1. The van der Waals surface area contributed by atoms with Gasteiger partial charge in [0.1, 0.15) is 5.75 Å². The highest BCUT2D eigenvalue weighted by molar-refractivity contribution is 7.09. The van der Waals surface area contributed by atoms with Gasteiger partial charge in [-0.05, 0) is 36.1 Å². The molecule has 0 saturated heterocycles. The summed E-state index contributed by atoms with van der Waals surface area (Å²) in [5.74, 6) is -0.488. The zero-order chi connectivity index (χ0) is 21.1. The zero-order valence-electron chi connectivity index (χ0n) is 17.0. The number of methoxy groups -OCH3 is 1. The minimum Gasteiger partial charge on any atom is -0.543 e. The fourth-order valence-electron chi connectivity index (χ4n) is 3.70. The number of nitrogens with one attached hydrogen (secondary N) is 1. The van der Waals surface area contributed by atoms with E-state index in [1.807, 2.05) is 65.4 Å². The molecule has 5 nitrogen and oxygen atoms in total. The van der Waals surface area contributed by atoms with Crippen molar-refractivity contribution in [2.45, 2.75) is 26.6 Å². The molecule has 0 aliphatic heterocycles. The van der Waals surface area contributed by atoms with Crippen LogP contribution in [0.4, 0.5) is 0 Å². The maximum atomic E-state index is 12.2. The molecule has 0 unspecified atom stereocenters. The van der Waals surface area contributed by atoms with Crippen LogP contribution in [0, 0.1) is 6.92 Å². The Hall–Kier alpha value is -3.09. The summed E-state index contributed by atoms with van der Waals surface area (Å²) in [6, 6.07) is 17.8. The minimum absolute atomic E-state index is 0.206. The van der Waals surface area contributed by atoms with Crippen LogP contribution in [0.1, 0.15) is 32.1 Å². The summed E-state index contributed by atoms with van der Waals surface area (Å²) >= 11 is 1.67. The zero-order valence-corrected chi connectivity index (χ0v) is 17.8. The number of carbonyl (C=O) groups excluding carboxylic acids is 1. The predicted molar refractivity (Wildman–Crippen MR) is 118 cm³/mol. The normalized spacial score (nSPS) is 11.1. The first-order valence-corrected chi connectivity index (χ1v) is 10.6. The summed E-state index contributed by atoms with van der Waals surface area (Å²) in [5.41, 5.74) is 3.95. The Bertz CT molecular complexity index is 1160. The third kappa shape index (κ3) is 4.10. The minimum atomic E-state index is -1.18. The van der Waals surface area contributed by atoms with E-state index in [4.69, 9.17) is 4.74 Å². The maximum Gasteiger partial charge on any atom is 0.120 e. The van der Waals surface area contributed by atoms with E-state index >= 15 is 0 Å². The lowest BCUT2D eigenvalue weighted by Crippen LogP contribution is -2.28. The molecular formula is C24H23N2O3S-. The lowest BCUT2D eigenvalue weighted by Gasteiger charge is -2.14. The number of benzene rings is 2. The topological polar surface area (TPSA) is 66.3 Å². The molecule has 4 rings (SSSR count). The molecule has 2 aromatic carbocycles. The second-order valence-corrected chi connectivity index (χ2v) is 8.28. The van der Waals surface area contributed by atoms with E-state index in [1.54, 1.807) is 18.4 Å². The lowest BCUT2D eigenvalue weighted by atomic mass is 10.1. The predicted octanol–water partition coefficient (Wildman–Crippen LogP) is 3.72. The number of carboxylic acid groups (broad SMARTS) is 1. The molecule has 0 atom stereocenters. The molecule has 0 aliphatic rings. The van der Waals surface area contributed by atoms with Crippen molar-refractivity contribution in [3.05, 3.63) is 87.2 Å². The van der Waals surface area contributed by atoms with Crippen LogP contribution in [-0.4, -0.2) is 17.6 Å². The Morgan fingerprint density at radius 2 is 1.93 bits per heavy atom. The molecule has 0 fully saturated rings. The van der Waals surface area contributed by atoms with Gasteiger partial charge in [-0.15, -0.1) is 11.3 Å². The number of aryl methyl sites for hydroxylation is 1. The Kier molecular flexibility index (Phi) is 5.88. The summed E-state index contributed by atoms with van der Waals surface area (Å²) in [4.78, 5) is 13.4. The Labute approximate surface area is 179 Å². The quantitative estimate of drug-likeness (QED) is 0.473. The van der Waals surface area contributed by atoms with Gasteiger partial charge in [0, 0.05) is 41.5 Å². The number of fused-ring (bicyclic) bond motifs is 1. The Morgan fingerprint density at radius 1 is 1.13 bits per heavy atom. The van der Waals surface area contributed by atoms with Crippen molar-refractivity contribution in [3.63, 3.8) is 0 Å². The van der Waals surface area contributed by atoms with Gasteiger partial charge in [-0.2, -0.15) is 0 Å². The van der Waals surface area contributed by atoms with E-state index in [-0.39, 0.29) is 5.69 Å². The van der Waals surface area contributed by atoms with Gasteiger partial charge < -0.3 is 24.5 Å². The smallest absolute Gasteiger partial charge is 0.120 e. The third-order valence-corrected chi connectivity index (χ3v) is 6.09. The number of carboxylic acids is 1. The molecule has 2 heterocycles. The first kappa shape index (κ1) is 20.2. The molecule has 0 radical (unpaired) electrons. The van der Waals surface area contributed by atoms with Crippen molar-refractivity contribution >= 4 is 28.2 Å². The SMILES string of the molecule is COc1ccc2c(CNCc3cccs3)c(C(=O)[O-])n(Cc3ccc(C)cc3)c2c1. The molecule has 0 aliphatic carbocycles. The van der Waals surface area contributed by atoms with Crippen molar-refractivity contribution in [1.29, 1.82) is 0 Å². The van der Waals surface area contributed by atoms with Gasteiger partial charge in [0.25, 0.3) is 0 Å². The highest BCUT2D eigenvalue weighted by Gasteiger charge is 2.19. The molecule has 0 amide bonds. The van der Waals surface area contributed by atoms with Gasteiger partial charge in [-0.3, -0.25) is 0 Å². The van der Waals surface area contributed by atoms with Crippen LogP contribution in [0.15, 0.2) is 60.0 Å². The van der Waals surface area contributed by atoms with Crippen LogP contribution < -0.4 is 15.2 Å². The van der Waals surface area contributed by atoms with Crippen molar-refractivity contribution in [2.75, 3.05) is 7.11 Å². The summed E-state index contributed by atoms with van der Waals surface area (Å²) in [6.07, 6.45) is 0. The van der Waals surface area contributed by atoms with Gasteiger partial charge in [-0.1, -0.05) is 35.9 Å². The highest BCUT2D eigenvalue weighted by Crippen LogP contribution is 2.30. The molecule has 154 valence electrons. The number of rotatable bonds is 8. The van der Waals surface area contributed by atoms with Gasteiger partial charge in [0.05, 0.1) is 24.3 Å². The molecule has 1 N–H and O–H groups in total. The number of aromatic nitrogens is 1. The van der Waals surface area contributed by atoms with Crippen LogP contribution in [0.2, 0.25) is 0 Å². The number of ether oxygens (including phenoxy) is 1. The van der Waals surface area contributed by atoms with Crippen molar-refractivity contribution in [2.24, 2.45) is 0 Å². The fraction of sp³-hybridized carbons (Fsp3) is 0.208. The number of nitrogens with zero attached hydrogens (tertiary/aromatic N) is 1. The fourth-order valence-corrected chi connectivity index (χ4v) is 4.38. The second kappa shape index (κ2) is 8.73. The average molecular weight is 420 g/mol. The first-order chi connectivity index (χ1) is 14.6. The second-order valence-electron chi connectivity index (χ2n) is 7.25. The number of hydrogen-bond acceptors (Lipinski definition) is 5. The van der Waals surface area contributed by atoms with E-state index in [9.17, 15) is 9.90 Å². The molecule has 0 saturated carbocycles. The molecule has 6 heteroatoms. The first-order valence-electron chi connectivity index (χ1n) is 9.76. The van der Waals surface area contributed by atoms with E-state index in [2.05, 4.69) is 11.4 Å². The molecule has 4 aromatic rings. The van der Waals surface area contributed by atoms with E-state index in [0.717, 1.165) is 27.6 Å². The molecule has 30 heavy (non-hydrogen) atoms. The highest BCUT2D eigenvalue weighted by atomic mass is 32.1. The van der Waals surface area contributed by atoms with Crippen LogP contribution in [-0.2, 0) is 19.6 Å². The van der Waals surface area contributed by atoms with E-state index in [0.29, 0.717) is 25.4 Å². The summed E-state index contributed by atoms with van der Waals surface area (Å²) in [7, 11) is 1.61. The van der Waals surface area contributed by atoms with Gasteiger partial charge in [0.15, 0.2) is 0 Å². The van der Waals surface area contributed by atoms with E-state index in [1.165, 1.54) is 4.88 Å². The summed E-state index contributed by atoms with van der Waals surface area (Å²) in [5, 5.41) is 18.5. The van der Waals surface area contributed by atoms with Crippen LogP contribution in [0.3, 0.4) is 0 Å². The van der Waals surface area contributed by atoms with Crippen molar-refractivity contribution in [1.82, 2.24) is 9.88 Å². The van der Waals surface area contributed by atoms with Gasteiger partial charge in [0.2, 0.25) is 0 Å². The number of hydrogen-bond donors (Lipinski definition) is 1. The van der Waals surface area contributed by atoms with Crippen LogP contribution in [0.5, 0.6) is 5.75 Å². The van der Waals surface area contributed by atoms with Gasteiger partial charge >= 0.3 is 0 Å². The largest absolute Gasteiger partial charge is 0.543 e. The summed E-state index contributed by atoms with van der Waals surface area (Å²) < 4.78 is 7.21. The molecular weight excluding hydrogens is 396 g/mol. The molecule has 0 bridgehead atoms. The maximum absolute atomic E-state index is 12.2. The van der Waals surface area contributed by atoms with E-state index < -0.39 is 5.97 Å². The van der Waals surface area contributed by atoms with Crippen LogP contribution in [0.25, 0.3) is 10.9 Å².